The van der Waals surface area contributed by atoms with Crippen LogP contribution in [0.1, 0.15) is 89.0 Å². The molecule has 0 aliphatic heterocycles. The summed E-state index contributed by atoms with van der Waals surface area (Å²) in [6, 6.07) is 16.1. The minimum atomic E-state index is 0.503. The molecule has 0 saturated carbocycles. The fourth-order valence-corrected chi connectivity index (χ4v) is 4.82. The van der Waals surface area contributed by atoms with Crippen LogP contribution in [0, 0.1) is 0 Å². The maximum absolute atomic E-state index is 5.93. The van der Waals surface area contributed by atoms with Gasteiger partial charge in [0.25, 0.3) is 0 Å². The second-order valence-electron chi connectivity index (χ2n) is 8.71. The second kappa shape index (κ2) is 15.5. The van der Waals surface area contributed by atoms with Crippen molar-refractivity contribution in [3.05, 3.63) is 53.5 Å². The average Bonchev–Trinajstić information content (AvgIpc) is 3.25. The molecular formula is C28H39N3OS. The van der Waals surface area contributed by atoms with Gasteiger partial charge in [-0.05, 0) is 30.7 Å². The van der Waals surface area contributed by atoms with E-state index in [0.29, 0.717) is 6.54 Å². The lowest BCUT2D eigenvalue weighted by Crippen LogP contribution is -1.97. The quantitative estimate of drug-likeness (QED) is 0.147. The predicted octanol–water partition coefficient (Wildman–Crippen LogP) is 9.66. The van der Waals surface area contributed by atoms with E-state index in [9.17, 15) is 0 Å². The molecule has 33 heavy (non-hydrogen) atoms. The zero-order valence-electron chi connectivity index (χ0n) is 20.2. The van der Waals surface area contributed by atoms with Gasteiger partial charge in [0.1, 0.15) is 17.3 Å². The minimum absolute atomic E-state index is 0.503. The number of rotatable bonds is 17. The summed E-state index contributed by atoms with van der Waals surface area (Å²) >= 11 is 1.67. The molecule has 1 heterocycles. The van der Waals surface area contributed by atoms with Crippen molar-refractivity contribution >= 4 is 27.2 Å². The Labute approximate surface area is 203 Å². The van der Waals surface area contributed by atoms with Crippen molar-refractivity contribution in [1.82, 2.24) is 4.98 Å². The summed E-state index contributed by atoms with van der Waals surface area (Å²) in [6.07, 6.45) is 16.3. The van der Waals surface area contributed by atoms with Crippen LogP contribution in [0.3, 0.4) is 0 Å². The molecular weight excluding hydrogens is 426 g/mol. The number of unbranched alkanes of at least 4 members (excludes halogenated alkanes) is 11. The minimum Gasteiger partial charge on any atom is -0.494 e. The number of hydrogen-bond acceptors (Lipinski definition) is 5. The number of thiazole rings is 1. The van der Waals surface area contributed by atoms with E-state index in [4.69, 9.17) is 4.74 Å². The van der Waals surface area contributed by atoms with Crippen LogP contribution in [0.2, 0.25) is 0 Å². The van der Waals surface area contributed by atoms with E-state index in [1.807, 2.05) is 42.5 Å². The molecule has 2 aromatic carbocycles. The SMILES string of the molecule is CCCCCCCCCCCCCCOc1cccc(N=NCc2nc3ccccc3s2)c1. The smallest absolute Gasteiger partial charge is 0.121 e. The molecule has 0 N–H and O–H groups in total. The van der Waals surface area contributed by atoms with Crippen LogP contribution >= 0.6 is 11.3 Å². The van der Waals surface area contributed by atoms with E-state index < -0.39 is 0 Å². The summed E-state index contributed by atoms with van der Waals surface area (Å²) in [4.78, 5) is 4.60. The molecule has 3 aromatic rings. The number of aromatic nitrogens is 1. The lowest BCUT2D eigenvalue weighted by molar-refractivity contribution is 0.304. The predicted molar refractivity (Wildman–Crippen MR) is 141 cm³/mol. The van der Waals surface area contributed by atoms with Crippen LogP contribution in [0.15, 0.2) is 58.8 Å². The third kappa shape index (κ3) is 10.0. The van der Waals surface area contributed by atoms with Crippen molar-refractivity contribution in [2.24, 2.45) is 10.2 Å². The van der Waals surface area contributed by atoms with Gasteiger partial charge in [0.15, 0.2) is 0 Å². The molecule has 3 rings (SSSR count). The lowest BCUT2D eigenvalue weighted by Gasteiger charge is -2.06. The Hall–Kier alpha value is -2.27. The fraction of sp³-hybridized carbons (Fsp3) is 0.536. The zero-order valence-corrected chi connectivity index (χ0v) is 21.0. The standard InChI is InChI=1S/C28H39N3OS/c1-2-3-4-5-6-7-8-9-10-11-12-15-21-32-25-18-16-17-24(22-25)31-29-23-28-30-26-19-13-14-20-27(26)33-28/h13-14,16-20,22H,2-12,15,21,23H2,1H3. The molecule has 0 aliphatic rings. The van der Waals surface area contributed by atoms with E-state index in [1.165, 1.54) is 75.3 Å². The van der Waals surface area contributed by atoms with Crippen LogP contribution in [0.5, 0.6) is 5.75 Å². The van der Waals surface area contributed by atoms with E-state index in [2.05, 4.69) is 28.2 Å². The van der Waals surface area contributed by atoms with Crippen molar-refractivity contribution < 1.29 is 4.74 Å². The van der Waals surface area contributed by atoms with Crippen molar-refractivity contribution in [2.75, 3.05) is 6.61 Å². The van der Waals surface area contributed by atoms with Gasteiger partial charge in [0.05, 0.1) is 22.5 Å². The topological polar surface area (TPSA) is 46.8 Å². The van der Waals surface area contributed by atoms with E-state index in [-0.39, 0.29) is 0 Å². The maximum atomic E-state index is 5.93. The molecule has 0 saturated heterocycles. The number of nitrogens with zero attached hydrogens (tertiary/aromatic N) is 3. The van der Waals surface area contributed by atoms with Crippen LogP contribution in [-0.4, -0.2) is 11.6 Å². The number of ether oxygens (including phenoxy) is 1. The van der Waals surface area contributed by atoms with Gasteiger partial charge in [0.2, 0.25) is 0 Å². The Morgan fingerprint density at radius 1 is 0.788 bits per heavy atom. The number of para-hydroxylation sites is 1. The van der Waals surface area contributed by atoms with Crippen molar-refractivity contribution in [3.63, 3.8) is 0 Å². The highest BCUT2D eigenvalue weighted by atomic mass is 32.1. The summed E-state index contributed by atoms with van der Waals surface area (Å²) in [5.74, 6) is 0.870. The van der Waals surface area contributed by atoms with Gasteiger partial charge in [0, 0.05) is 6.07 Å². The van der Waals surface area contributed by atoms with Gasteiger partial charge >= 0.3 is 0 Å². The normalized spacial score (nSPS) is 11.5. The van der Waals surface area contributed by atoms with Gasteiger partial charge in [-0.2, -0.15) is 10.2 Å². The van der Waals surface area contributed by atoms with E-state index >= 15 is 0 Å². The first-order valence-corrected chi connectivity index (χ1v) is 13.6. The molecule has 0 bridgehead atoms. The molecule has 0 spiro atoms. The number of hydrogen-bond donors (Lipinski definition) is 0. The van der Waals surface area contributed by atoms with Gasteiger partial charge in [-0.15, -0.1) is 11.3 Å². The fourth-order valence-electron chi connectivity index (χ4n) is 3.93. The number of fused-ring (bicyclic) bond motifs is 1. The van der Waals surface area contributed by atoms with E-state index in [1.54, 1.807) is 11.3 Å². The Morgan fingerprint density at radius 2 is 1.48 bits per heavy atom. The monoisotopic (exact) mass is 465 g/mol. The molecule has 0 atom stereocenters. The van der Waals surface area contributed by atoms with Crippen molar-refractivity contribution in [3.8, 4) is 5.75 Å². The highest BCUT2D eigenvalue weighted by Gasteiger charge is 2.02. The van der Waals surface area contributed by atoms with Crippen LogP contribution in [-0.2, 0) is 6.54 Å². The van der Waals surface area contributed by atoms with Gasteiger partial charge in [-0.25, -0.2) is 4.98 Å². The average molecular weight is 466 g/mol. The summed E-state index contributed by atoms with van der Waals surface area (Å²) in [7, 11) is 0. The largest absolute Gasteiger partial charge is 0.494 e. The van der Waals surface area contributed by atoms with Crippen molar-refractivity contribution in [1.29, 1.82) is 0 Å². The Morgan fingerprint density at radius 3 is 2.21 bits per heavy atom. The lowest BCUT2D eigenvalue weighted by atomic mass is 10.1. The molecule has 0 fully saturated rings. The molecule has 1 aromatic heterocycles. The van der Waals surface area contributed by atoms with Gasteiger partial charge in [-0.3, -0.25) is 0 Å². The maximum Gasteiger partial charge on any atom is 0.121 e. The Balaban J connectivity index is 1.24. The van der Waals surface area contributed by atoms with E-state index in [0.717, 1.165) is 35.0 Å². The molecule has 5 heteroatoms. The molecule has 0 radical (unpaired) electrons. The first-order chi connectivity index (χ1) is 16.3. The van der Waals surface area contributed by atoms with Crippen LogP contribution in [0.4, 0.5) is 5.69 Å². The highest BCUT2D eigenvalue weighted by molar-refractivity contribution is 7.18. The van der Waals surface area contributed by atoms with Crippen LogP contribution < -0.4 is 4.74 Å². The van der Waals surface area contributed by atoms with Gasteiger partial charge < -0.3 is 4.74 Å². The van der Waals surface area contributed by atoms with Crippen LogP contribution in [0.25, 0.3) is 10.2 Å². The molecule has 0 amide bonds. The number of benzene rings is 2. The highest BCUT2D eigenvalue weighted by Crippen LogP contribution is 2.24. The van der Waals surface area contributed by atoms with Crippen molar-refractivity contribution in [2.45, 2.75) is 90.5 Å². The molecule has 0 aliphatic carbocycles. The third-order valence-corrected chi connectivity index (χ3v) is 6.84. The summed E-state index contributed by atoms with van der Waals surface area (Å²) in [5.41, 5.74) is 1.85. The molecule has 0 unspecified atom stereocenters. The first kappa shape index (κ1) is 25.4. The third-order valence-electron chi connectivity index (χ3n) is 5.81. The summed E-state index contributed by atoms with van der Waals surface area (Å²) < 4.78 is 7.12. The summed E-state index contributed by atoms with van der Waals surface area (Å²) in [5, 5.41) is 9.68. The summed E-state index contributed by atoms with van der Waals surface area (Å²) in [6.45, 7) is 3.55. The second-order valence-corrected chi connectivity index (χ2v) is 9.82. The van der Waals surface area contributed by atoms with Gasteiger partial charge in [-0.1, -0.05) is 95.8 Å². The molecule has 4 nitrogen and oxygen atoms in total. The first-order valence-electron chi connectivity index (χ1n) is 12.8. The Kier molecular flexibility index (Phi) is 11.9. The zero-order chi connectivity index (χ0) is 23.0. The Bertz CT molecular complexity index is 920. The number of azo groups is 1. The molecule has 178 valence electrons.